The SMILES string of the molecule is FCC1CC12CCNCC2. The van der Waals surface area contributed by atoms with Crippen LogP contribution in [0.25, 0.3) is 0 Å². The molecule has 1 heterocycles. The van der Waals surface area contributed by atoms with Gasteiger partial charge in [0, 0.05) is 0 Å². The highest BCUT2D eigenvalue weighted by Crippen LogP contribution is 2.58. The van der Waals surface area contributed by atoms with E-state index < -0.39 is 0 Å². The Morgan fingerprint density at radius 3 is 2.60 bits per heavy atom. The maximum atomic E-state index is 12.2. The van der Waals surface area contributed by atoms with Crippen molar-refractivity contribution in [2.24, 2.45) is 11.3 Å². The van der Waals surface area contributed by atoms with Gasteiger partial charge in [-0.15, -0.1) is 0 Å². The van der Waals surface area contributed by atoms with Gasteiger partial charge in [-0.3, -0.25) is 4.39 Å². The lowest BCUT2D eigenvalue weighted by Crippen LogP contribution is -2.29. The summed E-state index contributed by atoms with van der Waals surface area (Å²) >= 11 is 0. The van der Waals surface area contributed by atoms with Crippen molar-refractivity contribution in [3.63, 3.8) is 0 Å². The molecule has 0 aromatic carbocycles. The van der Waals surface area contributed by atoms with Gasteiger partial charge in [0.1, 0.15) is 0 Å². The van der Waals surface area contributed by atoms with Gasteiger partial charge in [0.05, 0.1) is 6.67 Å². The zero-order valence-electron chi connectivity index (χ0n) is 6.20. The molecule has 0 radical (unpaired) electrons. The van der Waals surface area contributed by atoms with Crippen molar-refractivity contribution in [2.75, 3.05) is 19.8 Å². The van der Waals surface area contributed by atoms with E-state index in [0.717, 1.165) is 19.5 Å². The van der Waals surface area contributed by atoms with Gasteiger partial charge in [-0.25, -0.2) is 0 Å². The highest BCUT2D eigenvalue weighted by molar-refractivity contribution is 5.03. The molecule has 1 N–H and O–H groups in total. The Morgan fingerprint density at radius 1 is 1.40 bits per heavy atom. The van der Waals surface area contributed by atoms with E-state index in [1.54, 1.807) is 0 Å². The van der Waals surface area contributed by atoms with Crippen LogP contribution in [-0.4, -0.2) is 19.8 Å². The summed E-state index contributed by atoms with van der Waals surface area (Å²) in [4.78, 5) is 0. The highest BCUT2D eigenvalue weighted by atomic mass is 19.1. The molecule has 1 atom stereocenters. The van der Waals surface area contributed by atoms with Gasteiger partial charge in [-0.1, -0.05) is 0 Å². The topological polar surface area (TPSA) is 12.0 Å². The van der Waals surface area contributed by atoms with Crippen molar-refractivity contribution in [2.45, 2.75) is 19.3 Å². The van der Waals surface area contributed by atoms with Crippen LogP contribution in [0.15, 0.2) is 0 Å². The highest BCUT2D eigenvalue weighted by Gasteiger charge is 2.53. The van der Waals surface area contributed by atoms with Crippen LogP contribution in [0.4, 0.5) is 4.39 Å². The fourth-order valence-electron chi connectivity index (χ4n) is 2.19. The van der Waals surface area contributed by atoms with Crippen molar-refractivity contribution in [3.05, 3.63) is 0 Å². The van der Waals surface area contributed by atoms with E-state index in [9.17, 15) is 4.39 Å². The van der Waals surface area contributed by atoms with Crippen LogP contribution in [0.2, 0.25) is 0 Å². The minimum atomic E-state index is -0.0833. The lowest BCUT2D eigenvalue weighted by molar-refractivity contribution is 0.296. The zero-order valence-corrected chi connectivity index (χ0v) is 6.20. The fraction of sp³-hybridized carbons (Fsp3) is 1.00. The van der Waals surface area contributed by atoms with Crippen LogP contribution in [0, 0.1) is 11.3 Å². The van der Waals surface area contributed by atoms with Gasteiger partial charge in [-0.2, -0.15) is 0 Å². The summed E-state index contributed by atoms with van der Waals surface area (Å²) in [7, 11) is 0. The largest absolute Gasteiger partial charge is 0.317 e. The molecule has 1 spiro atoms. The first-order valence-corrected chi connectivity index (χ1v) is 4.14. The van der Waals surface area contributed by atoms with E-state index in [2.05, 4.69) is 5.32 Å². The summed E-state index contributed by atoms with van der Waals surface area (Å²) in [6, 6.07) is 0. The molecule has 10 heavy (non-hydrogen) atoms. The maximum absolute atomic E-state index is 12.2. The van der Waals surface area contributed by atoms with Crippen molar-refractivity contribution in [1.29, 1.82) is 0 Å². The molecule has 2 fully saturated rings. The molecule has 0 bridgehead atoms. The predicted octanol–water partition coefficient (Wildman–Crippen LogP) is 1.35. The molecule has 0 aromatic heterocycles. The van der Waals surface area contributed by atoms with E-state index >= 15 is 0 Å². The third kappa shape index (κ3) is 0.858. The summed E-state index contributed by atoms with van der Waals surface area (Å²) in [6.45, 7) is 2.13. The number of alkyl halides is 1. The second-order valence-corrected chi connectivity index (χ2v) is 3.67. The summed E-state index contributed by atoms with van der Waals surface area (Å²) in [5.74, 6) is 0.426. The van der Waals surface area contributed by atoms with Crippen LogP contribution in [0.5, 0.6) is 0 Å². The van der Waals surface area contributed by atoms with E-state index in [1.165, 1.54) is 12.8 Å². The van der Waals surface area contributed by atoms with Crippen molar-refractivity contribution < 1.29 is 4.39 Å². The average molecular weight is 143 g/mol. The van der Waals surface area contributed by atoms with Crippen molar-refractivity contribution >= 4 is 0 Å². The monoisotopic (exact) mass is 143 g/mol. The van der Waals surface area contributed by atoms with Crippen LogP contribution in [0.1, 0.15) is 19.3 Å². The lowest BCUT2D eigenvalue weighted by atomic mass is 9.92. The van der Waals surface area contributed by atoms with E-state index in [-0.39, 0.29) is 6.67 Å². The van der Waals surface area contributed by atoms with Crippen LogP contribution >= 0.6 is 0 Å². The number of halogens is 1. The maximum Gasteiger partial charge on any atom is 0.0928 e. The molecular weight excluding hydrogens is 129 g/mol. The Morgan fingerprint density at radius 2 is 2.10 bits per heavy atom. The Hall–Kier alpha value is -0.110. The summed E-state index contributed by atoms with van der Waals surface area (Å²) in [5.41, 5.74) is 0.458. The number of nitrogens with one attached hydrogen (secondary N) is 1. The molecule has 58 valence electrons. The third-order valence-corrected chi connectivity index (χ3v) is 3.14. The lowest BCUT2D eigenvalue weighted by Gasteiger charge is -2.22. The Labute approximate surface area is 61.0 Å². The predicted molar refractivity (Wildman–Crippen MR) is 38.6 cm³/mol. The first-order valence-electron chi connectivity index (χ1n) is 4.14. The smallest absolute Gasteiger partial charge is 0.0928 e. The van der Waals surface area contributed by atoms with Gasteiger partial charge in [0.25, 0.3) is 0 Å². The van der Waals surface area contributed by atoms with Crippen molar-refractivity contribution in [1.82, 2.24) is 5.32 Å². The number of piperidine rings is 1. The van der Waals surface area contributed by atoms with Gasteiger partial charge in [0.2, 0.25) is 0 Å². The van der Waals surface area contributed by atoms with Gasteiger partial charge in [0.15, 0.2) is 0 Å². The molecule has 2 aliphatic rings. The number of hydrogen-bond acceptors (Lipinski definition) is 1. The van der Waals surface area contributed by atoms with E-state index in [0.29, 0.717) is 11.3 Å². The number of rotatable bonds is 1. The number of hydrogen-bond donors (Lipinski definition) is 1. The van der Waals surface area contributed by atoms with Gasteiger partial charge < -0.3 is 5.32 Å². The quantitative estimate of drug-likeness (QED) is 0.584. The van der Waals surface area contributed by atoms with Crippen LogP contribution in [0.3, 0.4) is 0 Å². The molecule has 1 unspecified atom stereocenters. The molecule has 1 aliphatic heterocycles. The molecule has 1 nitrogen and oxygen atoms in total. The molecule has 2 rings (SSSR count). The second kappa shape index (κ2) is 2.19. The molecular formula is C8H14FN. The fourth-order valence-corrected chi connectivity index (χ4v) is 2.19. The summed E-state index contributed by atoms with van der Waals surface area (Å²) < 4.78 is 12.2. The average Bonchev–Trinajstić information content (AvgIpc) is 2.65. The Bertz CT molecular complexity index is 129. The molecule has 2 heteroatoms. The van der Waals surface area contributed by atoms with Gasteiger partial charge >= 0.3 is 0 Å². The Balaban J connectivity index is 1.92. The normalized spacial score (nSPS) is 36.3. The standard InChI is InChI=1S/C8H14FN/c9-6-7-5-8(7)1-3-10-4-2-8/h7,10H,1-6H2. The molecule has 1 aliphatic carbocycles. The first-order chi connectivity index (χ1) is 4.87. The molecule has 0 amide bonds. The first kappa shape index (κ1) is 6.59. The van der Waals surface area contributed by atoms with Gasteiger partial charge in [-0.05, 0) is 43.7 Å². The van der Waals surface area contributed by atoms with Crippen molar-refractivity contribution in [3.8, 4) is 0 Å². The molecule has 1 saturated heterocycles. The molecule has 0 aromatic rings. The van der Waals surface area contributed by atoms with Crippen LogP contribution in [-0.2, 0) is 0 Å². The Kier molecular flexibility index (Phi) is 1.44. The van der Waals surface area contributed by atoms with E-state index in [1.807, 2.05) is 0 Å². The summed E-state index contributed by atoms with van der Waals surface area (Å²) in [5, 5.41) is 3.30. The zero-order chi connectivity index (χ0) is 7.03. The van der Waals surface area contributed by atoms with E-state index in [4.69, 9.17) is 0 Å². The minimum Gasteiger partial charge on any atom is -0.317 e. The van der Waals surface area contributed by atoms with Crippen LogP contribution < -0.4 is 5.32 Å². The third-order valence-electron chi connectivity index (χ3n) is 3.14. The summed E-state index contributed by atoms with van der Waals surface area (Å²) in [6.07, 6.45) is 3.58. The minimum absolute atomic E-state index is 0.0833. The second-order valence-electron chi connectivity index (χ2n) is 3.67. The molecule has 1 saturated carbocycles.